The minimum Gasteiger partial charge on any atom is -0.497 e. The monoisotopic (exact) mass is 448 g/mol. The van der Waals surface area contributed by atoms with Crippen LogP contribution in [0.3, 0.4) is 0 Å². The number of anilines is 1. The lowest BCUT2D eigenvalue weighted by atomic mass is 10.1. The first kappa shape index (κ1) is 22.6. The molecule has 0 aliphatic carbocycles. The van der Waals surface area contributed by atoms with E-state index in [0.29, 0.717) is 29.4 Å². The number of ether oxygens (including phenoxy) is 2. The van der Waals surface area contributed by atoms with Crippen molar-refractivity contribution in [3.8, 4) is 17.6 Å². The highest BCUT2D eigenvalue weighted by Gasteiger charge is 2.13. The highest BCUT2D eigenvalue weighted by molar-refractivity contribution is 6.09. The second kappa shape index (κ2) is 10.4. The van der Waals surface area contributed by atoms with E-state index in [2.05, 4.69) is 23.5 Å². The summed E-state index contributed by atoms with van der Waals surface area (Å²) < 4.78 is 11.5. The van der Waals surface area contributed by atoms with Crippen LogP contribution in [0.1, 0.15) is 16.7 Å². The van der Waals surface area contributed by atoms with E-state index < -0.39 is 5.91 Å². The molecule has 4 aromatic rings. The first-order valence-electron chi connectivity index (χ1n) is 10.8. The molecule has 0 saturated heterocycles. The van der Waals surface area contributed by atoms with Crippen molar-refractivity contribution >= 4 is 28.4 Å². The second-order valence-electron chi connectivity index (χ2n) is 7.82. The molecule has 0 heterocycles. The topological polar surface area (TPSA) is 71.3 Å². The first-order valence-corrected chi connectivity index (χ1v) is 10.8. The number of aryl methyl sites for hydroxylation is 1. The quantitative estimate of drug-likeness (QED) is 0.267. The van der Waals surface area contributed by atoms with Gasteiger partial charge in [0.05, 0.1) is 7.11 Å². The van der Waals surface area contributed by atoms with E-state index in [1.54, 1.807) is 37.4 Å². The van der Waals surface area contributed by atoms with Gasteiger partial charge in [-0.25, -0.2) is 0 Å². The number of hydrogen-bond donors (Lipinski definition) is 1. The van der Waals surface area contributed by atoms with Gasteiger partial charge in [0.25, 0.3) is 5.91 Å². The Balaban J connectivity index is 1.61. The van der Waals surface area contributed by atoms with Gasteiger partial charge in [0.15, 0.2) is 0 Å². The number of benzene rings is 4. The van der Waals surface area contributed by atoms with Crippen LogP contribution in [0.15, 0.2) is 90.5 Å². The van der Waals surface area contributed by atoms with Crippen molar-refractivity contribution in [2.45, 2.75) is 13.5 Å². The van der Waals surface area contributed by atoms with Gasteiger partial charge in [-0.15, -0.1) is 0 Å². The minimum atomic E-state index is -0.484. The Hall–Kier alpha value is -4.56. The Morgan fingerprint density at radius 3 is 2.53 bits per heavy atom. The van der Waals surface area contributed by atoms with E-state index >= 15 is 0 Å². The van der Waals surface area contributed by atoms with Crippen molar-refractivity contribution in [2.75, 3.05) is 12.4 Å². The maximum atomic E-state index is 12.7. The molecule has 34 heavy (non-hydrogen) atoms. The van der Waals surface area contributed by atoms with Crippen molar-refractivity contribution < 1.29 is 14.3 Å². The lowest BCUT2D eigenvalue weighted by Crippen LogP contribution is -2.13. The molecule has 0 spiro atoms. The Labute approximate surface area is 198 Å². The molecule has 0 aliphatic rings. The Morgan fingerprint density at radius 1 is 1.00 bits per heavy atom. The van der Waals surface area contributed by atoms with Crippen molar-refractivity contribution in [1.29, 1.82) is 5.26 Å². The van der Waals surface area contributed by atoms with Crippen LogP contribution in [-0.4, -0.2) is 13.0 Å². The molecule has 4 aromatic carbocycles. The Morgan fingerprint density at radius 2 is 1.76 bits per heavy atom. The Kier molecular flexibility index (Phi) is 6.90. The van der Waals surface area contributed by atoms with Crippen LogP contribution in [0.5, 0.6) is 11.5 Å². The van der Waals surface area contributed by atoms with Crippen LogP contribution >= 0.6 is 0 Å². The first-order chi connectivity index (χ1) is 16.6. The summed E-state index contributed by atoms with van der Waals surface area (Å²) in [5, 5.41) is 14.7. The molecule has 0 aromatic heterocycles. The van der Waals surface area contributed by atoms with Gasteiger partial charge in [0.1, 0.15) is 29.7 Å². The van der Waals surface area contributed by atoms with Crippen LogP contribution < -0.4 is 14.8 Å². The number of amides is 1. The van der Waals surface area contributed by atoms with Crippen LogP contribution in [0, 0.1) is 18.3 Å². The van der Waals surface area contributed by atoms with Gasteiger partial charge < -0.3 is 14.8 Å². The van der Waals surface area contributed by atoms with Crippen LogP contribution in [0.2, 0.25) is 0 Å². The number of nitriles is 1. The molecule has 0 radical (unpaired) electrons. The smallest absolute Gasteiger partial charge is 0.266 e. The molecular weight excluding hydrogens is 424 g/mol. The summed E-state index contributed by atoms with van der Waals surface area (Å²) in [5.41, 5.74) is 3.32. The molecule has 168 valence electrons. The summed E-state index contributed by atoms with van der Waals surface area (Å²) >= 11 is 0. The highest BCUT2D eigenvalue weighted by atomic mass is 16.5. The predicted molar refractivity (Wildman–Crippen MR) is 135 cm³/mol. The highest BCUT2D eigenvalue weighted by Crippen LogP contribution is 2.29. The molecule has 0 saturated carbocycles. The second-order valence-corrected chi connectivity index (χ2v) is 7.82. The summed E-state index contributed by atoms with van der Waals surface area (Å²) in [6.45, 7) is 2.29. The summed E-state index contributed by atoms with van der Waals surface area (Å²) in [6.07, 6.45) is 1.53. The van der Waals surface area contributed by atoms with Gasteiger partial charge >= 0.3 is 0 Å². The molecule has 0 fully saturated rings. The van der Waals surface area contributed by atoms with Gasteiger partial charge in [-0.2, -0.15) is 5.26 Å². The van der Waals surface area contributed by atoms with Gasteiger partial charge in [-0.1, -0.05) is 60.2 Å². The van der Waals surface area contributed by atoms with E-state index in [4.69, 9.17) is 9.47 Å². The van der Waals surface area contributed by atoms with E-state index in [1.165, 1.54) is 6.08 Å². The normalized spacial score (nSPS) is 11.0. The minimum absolute atomic E-state index is 0.0271. The summed E-state index contributed by atoms with van der Waals surface area (Å²) in [7, 11) is 1.58. The molecule has 0 atom stereocenters. The standard InChI is InChI=1S/C29H24N2O3/c1-20-10-13-25(14-11-20)31-29(32)24(18-30)16-22-12-15-26(33-2)17-28(22)34-19-23-8-5-7-21-6-3-4-9-27(21)23/h3-17H,19H2,1-2H3,(H,31,32)/b24-16+. The average Bonchev–Trinajstić information content (AvgIpc) is 2.87. The third kappa shape index (κ3) is 5.25. The van der Waals surface area contributed by atoms with Gasteiger partial charge in [0.2, 0.25) is 0 Å². The fourth-order valence-corrected chi connectivity index (χ4v) is 3.60. The number of fused-ring (bicyclic) bond motifs is 1. The molecule has 1 amide bonds. The van der Waals surface area contributed by atoms with Crippen LogP contribution in [0.4, 0.5) is 5.69 Å². The number of carbonyl (C=O) groups excluding carboxylic acids is 1. The molecule has 4 rings (SSSR count). The lowest BCUT2D eigenvalue weighted by molar-refractivity contribution is -0.112. The fourth-order valence-electron chi connectivity index (χ4n) is 3.60. The number of rotatable bonds is 7. The average molecular weight is 449 g/mol. The van der Waals surface area contributed by atoms with E-state index in [1.807, 2.05) is 49.4 Å². The number of nitrogens with one attached hydrogen (secondary N) is 1. The third-order valence-corrected chi connectivity index (χ3v) is 5.46. The summed E-state index contributed by atoms with van der Waals surface area (Å²) in [4.78, 5) is 12.7. The van der Waals surface area contributed by atoms with Crippen molar-refractivity contribution in [3.63, 3.8) is 0 Å². The van der Waals surface area contributed by atoms with Gasteiger partial charge in [0, 0.05) is 17.3 Å². The van der Waals surface area contributed by atoms with Gasteiger partial charge in [-0.05, 0) is 53.6 Å². The van der Waals surface area contributed by atoms with Crippen molar-refractivity contribution in [3.05, 3.63) is 107 Å². The van der Waals surface area contributed by atoms with E-state index in [0.717, 1.165) is 21.9 Å². The molecule has 5 nitrogen and oxygen atoms in total. The van der Waals surface area contributed by atoms with Crippen LogP contribution in [-0.2, 0) is 11.4 Å². The lowest BCUT2D eigenvalue weighted by Gasteiger charge is -2.13. The molecule has 1 N–H and O–H groups in total. The number of hydrogen-bond acceptors (Lipinski definition) is 4. The van der Waals surface area contributed by atoms with Gasteiger partial charge in [-0.3, -0.25) is 4.79 Å². The van der Waals surface area contributed by atoms with Crippen molar-refractivity contribution in [1.82, 2.24) is 0 Å². The maximum absolute atomic E-state index is 12.7. The van der Waals surface area contributed by atoms with Crippen LogP contribution in [0.25, 0.3) is 16.8 Å². The summed E-state index contributed by atoms with van der Waals surface area (Å²) in [6, 6.07) is 28.9. The summed E-state index contributed by atoms with van der Waals surface area (Å²) in [5.74, 6) is 0.651. The molecule has 0 aliphatic heterocycles. The molecule has 5 heteroatoms. The molecule has 0 bridgehead atoms. The number of carbonyl (C=O) groups is 1. The molecule has 0 unspecified atom stereocenters. The number of nitrogens with zero attached hydrogens (tertiary/aromatic N) is 1. The van der Waals surface area contributed by atoms with E-state index in [9.17, 15) is 10.1 Å². The van der Waals surface area contributed by atoms with E-state index in [-0.39, 0.29) is 5.57 Å². The molecular formula is C29H24N2O3. The zero-order valence-corrected chi connectivity index (χ0v) is 19.0. The van der Waals surface area contributed by atoms with Crippen molar-refractivity contribution in [2.24, 2.45) is 0 Å². The zero-order chi connectivity index (χ0) is 23.9. The zero-order valence-electron chi connectivity index (χ0n) is 19.0. The maximum Gasteiger partial charge on any atom is 0.266 e. The fraction of sp³-hybridized carbons (Fsp3) is 0.103. The SMILES string of the molecule is COc1ccc(/C=C(\C#N)C(=O)Nc2ccc(C)cc2)c(OCc2cccc3ccccc23)c1. The predicted octanol–water partition coefficient (Wildman–Crippen LogP) is 6.28. The largest absolute Gasteiger partial charge is 0.497 e. The Bertz CT molecular complexity index is 1390. The third-order valence-electron chi connectivity index (χ3n) is 5.46. The number of methoxy groups -OCH3 is 1.